The fourth-order valence-electron chi connectivity index (χ4n) is 2.64. The number of nitro benzene ring substituents is 1. The third kappa shape index (κ3) is 6.43. The predicted octanol–water partition coefficient (Wildman–Crippen LogP) is 1.51. The van der Waals surface area contributed by atoms with E-state index in [1.54, 1.807) is 0 Å². The van der Waals surface area contributed by atoms with Crippen LogP contribution in [0, 0.1) is 10.1 Å². The number of carbonyl (C=O) groups is 1. The lowest BCUT2D eigenvalue weighted by Crippen LogP contribution is -2.57. The number of hydrogen-bond acceptors (Lipinski definition) is 5. The minimum absolute atomic E-state index is 0. The largest absolute Gasteiger partial charge is 0.405 e. The number of halogens is 4. The zero-order valence-electron chi connectivity index (χ0n) is 13.8. The van der Waals surface area contributed by atoms with Crippen molar-refractivity contribution < 1.29 is 22.9 Å². The number of nitro groups is 1. The Bertz CT molecular complexity index is 607. The Balaban J connectivity index is 0.00000338. The molecule has 1 aromatic rings. The molecule has 0 aromatic heterocycles. The number of nitrogens with zero attached hydrogens (tertiary/aromatic N) is 2. The smallest absolute Gasteiger partial charge is 0.354 e. The molecule has 1 unspecified atom stereocenters. The summed E-state index contributed by atoms with van der Waals surface area (Å²) in [5.41, 5.74) is 0.383. The molecule has 1 atom stereocenters. The Morgan fingerprint density at radius 2 is 1.85 bits per heavy atom. The molecule has 1 fully saturated rings. The molecule has 11 heteroatoms. The molecule has 7 nitrogen and oxygen atoms in total. The molecule has 2 rings (SSSR count). The highest BCUT2D eigenvalue weighted by Gasteiger charge is 2.43. The van der Waals surface area contributed by atoms with E-state index in [2.05, 4.69) is 10.6 Å². The van der Waals surface area contributed by atoms with Crippen LogP contribution in [0.25, 0.3) is 0 Å². The van der Waals surface area contributed by atoms with Gasteiger partial charge in [0.2, 0.25) is 5.91 Å². The zero-order valence-corrected chi connectivity index (χ0v) is 14.6. The van der Waals surface area contributed by atoms with Crippen LogP contribution in [0.2, 0.25) is 0 Å². The number of rotatable bonds is 6. The van der Waals surface area contributed by atoms with E-state index >= 15 is 0 Å². The second-order valence-electron chi connectivity index (χ2n) is 5.75. The molecule has 1 aliphatic heterocycles. The van der Waals surface area contributed by atoms with Gasteiger partial charge >= 0.3 is 6.18 Å². The third-order valence-electron chi connectivity index (χ3n) is 3.97. The van der Waals surface area contributed by atoms with Crippen LogP contribution >= 0.6 is 12.4 Å². The molecular weight excluding hydrogens is 377 g/mol. The summed E-state index contributed by atoms with van der Waals surface area (Å²) in [5, 5.41) is 15.9. The average Bonchev–Trinajstić information content (AvgIpc) is 2.55. The Morgan fingerprint density at radius 3 is 2.35 bits per heavy atom. The second-order valence-corrected chi connectivity index (χ2v) is 5.75. The number of non-ortho nitro benzene ring substituents is 1. The lowest BCUT2D eigenvalue weighted by atomic mass is 10.1. The third-order valence-corrected chi connectivity index (χ3v) is 3.97. The number of benzene rings is 1. The SMILES string of the molecule is Cl.O=C(Cc1ccc([N+](=O)[O-])cc1)NCC(N1CCNCC1)C(F)(F)F. The van der Waals surface area contributed by atoms with Crippen molar-refractivity contribution in [2.75, 3.05) is 32.7 Å². The van der Waals surface area contributed by atoms with Gasteiger partial charge in [-0.1, -0.05) is 12.1 Å². The molecule has 0 radical (unpaired) electrons. The second kappa shape index (κ2) is 9.70. The number of piperazine rings is 1. The van der Waals surface area contributed by atoms with Crippen LogP contribution in [-0.2, 0) is 11.2 Å². The average molecular weight is 397 g/mol. The fourth-order valence-corrected chi connectivity index (χ4v) is 2.64. The van der Waals surface area contributed by atoms with E-state index in [9.17, 15) is 28.1 Å². The number of carbonyl (C=O) groups excluding carboxylic acids is 1. The summed E-state index contributed by atoms with van der Waals surface area (Å²) in [5.74, 6) is -0.557. The molecule has 1 amide bonds. The first-order chi connectivity index (χ1) is 11.8. The van der Waals surface area contributed by atoms with E-state index in [4.69, 9.17) is 0 Å². The number of amides is 1. The Labute approximate surface area is 154 Å². The van der Waals surface area contributed by atoms with Gasteiger partial charge in [0.05, 0.1) is 11.3 Å². The summed E-state index contributed by atoms with van der Waals surface area (Å²) in [6, 6.07) is 3.60. The first-order valence-corrected chi connectivity index (χ1v) is 7.79. The molecule has 26 heavy (non-hydrogen) atoms. The van der Waals surface area contributed by atoms with Crippen LogP contribution in [0.1, 0.15) is 5.56 Å². The van der Waals surface area contributed by atoms with Gasteiger partial charge in [-0.2, -0.15) is 13.2 Å². The maximum absolute atomic E-state index is 13.2. The van der Waals surface area contributed by atoms with Crippen molar-refractivity contribution in [2.24, 2.45) is 0 Å². The minimum atomic E-state index is -4.43. The standard InChI is InChI=1S/C15H19F3N4O3.ClH/c16-15(17,18)13(21-7-5-19-6-8-21)10-20-14(23)9-11-1-3-12(4-2-11)22(24)25;/h1-4,13,19H,5-10H2,(H,20,23);1H. The fraction of sp³-hybridized carbons (Fsp3) is 0.533. The van der Waals surface area contributed by atoms with Gasteiger partial charge in [0.25, 0.3) is 5.69 Å². The van der Waals surface area contributed by atoms with Gasteiger partial charge in [0.1, 0.15) is 6.04 Å². The molecule has 146 valence electrons. The Morgan fingerprint density at radius 1 is 1.27 bits per heavy atom. The van der Waals surface area contributed by atoms with Crippen LogP contribution in [0.5, 0.6) is 0 Å². The van der Waals surface area contributed by atoms with Gasteiger partial charge < -0.3 is 10.6 Å². The van der Waals surface area contributed by atoms with E-state index in [-0.39, 0.29) is 37.6 Å². The molecule has 1 heterocycles. The molecule has 1 saturated heterocycles. The van der Waals surface area contributed by atoms with E-state index in [0.29, 0.717) is 18.7 Å². The number of nitrogens with one attached hydrogen (secondary N) is 2. The molecule has 1 aromatic carbocycles. The van der Waals surface area contributed by atoms with Crippen LogP contribution in [-0.4, -0.2) is 60.7 Å². The van der Waals surface area contributed by atoms with Crippen molar-refractivity contribution in [1.82, 2.24) is 15.5 Å². The van der Waals surface area contributed by atoms with Crippen molar-refractivity contribution in [1.29, 1.82) is 0 Å². The van der Waals surface area contributed by atoms with Gasteiger partial charge in [-0.15, -0.1) is 12.4 Å². The highest BCUT2D eigenvalue weighted by Crippen LogP contribution is 2.24. The molecule has 1 aliphatic rings. The van der Waals surface area contributed by atoms with E-state index in [0.717, 1.165) is 0 Å². The Hall–Kier alpha value is -1.91. The van der Waals surface area contributed by atoms with Crippen molar-refractivity contribution in [3.8, 4) is 0 Å². The summed E-state index contributed by atoms with van der Waals surface area (Å²) < 4.78 is 39.7. The molecule has 0 aliphatic carbocycles. The predicted molar refractivity (Wildman–Crippen MR) is 91.3 cm³/mol. The first kappa shape index (κ1) is 22.1. The first-order valence-electron chi connectivity index (χ1n) is 7.79. The highest BCUT2D eigenvalue weighted by molar-refractivity contribution is 5.85. The van der Waals surface area contributed by atoms with Gasteiger partial charge in [-0.25, -0.2) is 0 Å². The summed E-state index contributed by atoms with van der Waals surface area (Å²) in [4.78, 5) is 23.2. The van der Waals surface area contributed by atoms with Gasteiger partial charge in [-0.05, 0) is 5.56 Å². The zero-order chi connectivity index (χ0) is 18.4. The Kier molecular flexibility index (Phi) is 8.25. The summed E-state index contributed by atoms with van der Waals surface area (Å²) in [6.07, 6.45) is -4.57. The van der Waals surface area contributed by atoms with Crippen molar-refractivity contribution >= 4 is 24.0 Å². The quantitative estimate of drug-likeness (QED) is 0.562. The van der Waals surface area contributed by atoms with E-state index in [1.165, 1.54) is 29.2 Å². The summed E-state index contributed by atoms with van der Waals surface area (Å²) >= 11 is 0. The van der Waals surface area contributed by atoms with Crippen molar-refractivity contribution in [3.05, 3.63) is 39.9 Å². The normalized spacial score (nSPS) is 16.4. The molecular formula is C15H20ClF3N4O3. The lowest BCUT2D eigenvalue weighted by molar-refractivity contribution is -0.384. The number of hydrogen-bond donors (Lipinski definition) is 2. The maximum atomic E-state index is 13.2. The molecule has 0 bridgehead atoms. The van der Waals surface area contributed by atoms with Crippen LogP contribution < -0.4 is 10.6 Å². The molecule has 0 spiro atoms. The maximum Gasteiger partial charge on any atom is 0.405 e. The van der Waals surface area contributed by atoms with Crippen LogP contribution in [0.4, 0.5) is 18.9 Å². The molecule has 0 saturated carbocycles. The van der Waals surface area contributed by atoms with Gasteiger partial charge in [0.15, 0.2) is 0 Å². The van der Waals surface area contributed by atoms with Crippen LogP contribution in [0.3, 0.4) is 0 Å². The summed E-state index contributed by atoms with van der Waals surface area (Å²) in [6.45, 7) is 0.965. The van der Waals surface area contributed by atoms with Gasteiger partial charge in [0, 0.05) is 44.9 Å². The van der Waals surface area contributed by atoms with E-state index in [1.807, 2.05) is 0 Å². The monoisotopic (exact) mass is 396 g/mol. The van der Waals surface area contributed by atoms with Crippen molar-refractivity contribution in [2.45, 2.75) is 18.6 Å². The minimum Gasteiger partial charge on any atom is -0.354 e. The van der Waals surface area contributed by atoms with Crippen LogP contribution in [0.15, 0.2) is 24.3 Å². The van der Waals surface area contributed by atoms with Crippen molar-refractivity contribution in [3.63, 3.8) is 0 Å². The lowest BCUT2D eigenvalue weighted by Gasteiger charge is -2.35. The summed E-state index contributed by atoms with van der Waals surface area (Å²) in [7, 11) is 0. The van der Waals surface area contributed by atoms with E-state index < -0.39 is 29.6 Å². The highest BCUT2D eigenvalue weighted by atomic mass is 35.5. The van der Waals surface area contributed by atoms with Gasteiger partial charge in [-0.3, -0.25) is 19.8 Å². The number of alkyl halides is 3. The topological polar surface area (TPSA) is 87.5 Å². The molecule has 2 N–H and O–H groups in total.